The van der Waals surface area contributed by atoms with Gasteiger partial charge in [-0.25, -0.2) is 9.78 Å². The van der Waals surface area contributed by atoms with E-state index < -0.39 is 5.97 Å². The molecule has 2 rings (SSSR count). The fourth-order valence-corrected chi connectivity index (χ4v) is 2.05. The number of ether oxygens (including phenoxy) is 1. The Morgan fingerprint density at radius 1 is 1.41 bits per heavy atom. The van der Waals surface area contributed by atoms with Crippen LogP contribution in [0.25, 0.3) is 0 Å². The molecule has 0 bridgehead atoms. The molecule has 0 spiro atoms. The Kier molecular flexibility index (Phi) is 4.08. The lowest BCUT2D eigenvalue weighted by molar-refractivity contribution is 0.0586. The summed E-state index contributed by atoms with van der Waals surface area (Å²) in [7, 11) is 1.33. The van der Waals surface area contributed by atoms with Crippen LogP contribution in [-0.4, -0.2) is 52.4 Å². The molecule has 0 aromatic carbocycles. The van der Waals surface area contributed by atoms with E-state index in [1.54, 1.807) is 11.0 Å². The number of methoxy groups -OCH3 is 1. The van der Waals surface area contributed by atoms with Crippen molar-refractivity contribution in [1.29, 1.82) is 0 Å². The van der Waals surface area contributed by atoms with Crippen molar-refractivity contribution in [3.05, 3.63) is 12.2 Å². The monoisotopic (exact) mass is 238 g/mol. The summed E-state index contributed by atoms with van der Waals surface area (Å²) in [4.78, 5) is 17.5. The lowest BCUT2D eigenvalue weighted by Gasteiger charge is -2.13. The Labute approximate surface area is 101 Å². The van der Waals surface area contributed by atoms with Gasteiger partial charge < -0.3 is 9.64 Å². The standard InChI is InChI=1S/C11H18N4O2/c1-17-11(16)10-12-9-15(13-10)8-4-7-14-5-2-3-6-14/h9H,2-8H2,1H3. The van der Waals surface area contributed by atoms with Crippen LogP contribution in [0.5, 0.6) is 0 Å². The van der Waals surface area contributed by atoms with Crippen LogP contribution in [-0.2, 0) is 11.3 Å². The van der Waals surface area contributed by atoms with E-state index in [4.69, 9.17) is 0 Å². The zero-order valence-electron chi connectivity index (χ0n) is 10.1. The average molecular weight is 238 g/mol. The highest BCUT2D eigenvalue weighted by Crippen LogP contribution is 2.07. The molecule has 0 N–H and O–H groups in total. The zero-order valence-corrected chi connectivity index (χ0v) is 10.1. The molecule has 1 aliphatic rings. The van der Waals surface area contributed by atoms with Gasteiger partial charge in [-0.05, 0) is 38.9 Å². The van der Waals surface area contributed by atoms with Gasteiger partial charge in [0.15, 0.2) is 0 Å². The quantitative estimate of drug-likeness (QED) is 0.701. The minimum atomic E-state index is -0.483. The average Bonchev–Trinajstić information content (AvgIpc) is 2.99. The molecular formula is C11H18N4O2. The number of aryl methyl sites for hydroxylation is 1. The van der Waals surface area contributed by atoms with Crippen LogP contribution in [0.3, 0.4) is 0 Å². The van der Waals surface area contributed by atoms with Gasteiger partial charge in [0.1, 0.15) is 6.33 Å². The van der Waals surface area contributed by atoms with E-state index in [1.807, 2.05) is 0 Å². The van der Waals surface area contributed by atoms with Crippen molar-refractivity contribution in [2.24, 2.45) is 0 Å². The van der Waals surface area contributed by atoms with Gasteiger partial charge in [0.05, 0.1) is 7.11 Å². The van der Waals surface area contributed by atoms with E-state index in [9.17, 15) is 4.79 Å². The van der Waals surface area contributed by atoms with Gasteiger partial charge in [-0.15, -0.1) is 5.10 Å². The fourth-order valence-electron chi connectivity index (χ4n) is 2.05. The van der Waals surface area contributed by atoms with Crippen molar-refractivity contribution in [2.75, 3.05) is 26.7 Å². The van der Waals surface area contributed by atoms with Crippen molar-refractivity contribution >= 4 is 5.97 Å². The number of rotatable bonds is 5. The third-order valence-electron chi connectivity index (χ3n) is 2.96. The van der Waals surface area contributed by atoms with Crippen LogP contribution < -0.4 is 0 Å². The van der Waals surface area contributed by atoms with E-state index in [-0.39, 0.29) is 5.82 Å². The molecule has 1 aliphatic heterocycles. The second kappa shape index (κ2) is 5.77. The topological polar surface area (TPSA) is 60.2 Å². The number of carbonyl (C=O) groups excluding carboxylic acids is 1. The number of aromatic nitrogens is 3. The SMILES string of the molecule is COC(=O)c1ncn(CCCN2CCCC2)n1. The highest BCUT2D eigenvalue weighted by atomic mass is 16.5. The van der Waals surface area contributed by atoms with Crippen LogP contribution in [0.15, 0.2) is 6.33 Å². The van der Waals surface area contributed by atoms with Gasteiger partial charge in [-0.2, -0.15) is 0 Å². The molecule has 6 nitrogen and oxygen atoms in total. The maximum Gasteiger partial charge on any atom is 0.377 e. The predicted octanol–water partition coefficient (Wildman–Crippen LogP) is 0.551. The van der Waals surface area contributed by atoms with E-state index in [0.29, 0.717) is 0 Å². The summed E-state index contributed by atoms with van der Waals surface area (Å²) >= 11 is 0. The summed E-state index contributed by atoms with van der Waals surface area (Å²) in [5.74, 6) is -0.350. The Bertz CT molecular complexity index is 371. The molecule has 1 aromatic heterocycles. The predicted molar refractivity (Wildman–Crippen MR) is 61.7 cm³/mol. The Morgan fingerprint density at radius 3 is 2.88 bits per heavy atom. The minimum absolute atomic E-state index is 0.133. The second-order valence-corrected chi connectivity index (χ2v) is 4.23. The van der Waals surface area contributed by atoms with E-state index in [0.717, 1.165) is 19.5 Å². The number of hydrogen-bond acceptors (Lipinski definition) is 5. The highest BCUT2D eigenvalue weighted by Gasteiger charge is 2.12. The summed E-state index contributed by atoms with van der Waals surface area (Å²) in [5.41, 5.74) is 0. The molecule has 0 aliphatic carbocycles. The summed E-state index contributed by atoms with van der Waals surface area (Å²) in [6.07, 6.45) is 5.24. The molecule has 0 radical (unpaired) electrons. The Hall–Kier alpha value is -1.43. The molecule has 1 fully saturated rings. The number of hydrogen-bond donors (Lipinski definition) is 0. The van der Waals surface area contributed by atoms with E-state index >= 15 is 0 Å². The van der Waals surface area contributed by atoms with Crippen LogP contribution >= 0.6 is 0 Å². The summed E-state index contributed by atoms with van der Waals surface area (Å²) < 4.78 is 6.25. The van der Waals surface area contributed by atoms with Crippen LogP contribution in [0, 0.1) is 0 Å². The van der Waals surface area contributed by atoms with Crippen molar-refractivity contribution in [1.82, 2.24) is 19.7 Å². The summed E-state index contributed by atoms with van der Waals surface area (Å²) in [6.45, 7) is 4.31. The highest BCUT2D eigenvalue weighted by molar-refractivity contribution is 5.84. The van der Waals surface area contributed by atoms with Gasteiger partial charge in [0.25, 0.3) is 5.82 Å². The third-order valence-corrected chi connectivity index (χ3v) is 2.96. The van der Waals surface area contributed by atoms with Crippen molar-refractivity contribution < 1.29 is 9.53 Å². The summed E-state index contributed by atoms with van der Waals surface area (Å²) in [5, 5.41) is 4.06. The molecule has 0 saturated carbocycles. The van der Waals surface area contributed by atoms with Gasteiger partial charge >= 0.3 is 5.97 Å². The van der Waals surface area contributed by atoms with E-state index in [1.165, 1.54) is 33.0 Å². The molecule has 94 valence electrons. The number of likely N-dealkylation sites (tertiary alicyclic amines) is 1. The van der Waals surface area contributed by atoms with Crippen molar-refractivity contribution in [3.8, 4) is 0 Å². The Balaban J connectivity index is 1.74. The lowest BCUT2D eigenvalue weighted by Crippen LogP contribution is -2.21. The molecule has 0 unspecified atom stereocenters. The maximum absolute atomic E-state index is 11.1. The second-order valence-electron chi connectivity index (χ2n) is 4.23. The number of carbonyl (C=O) groups is 1. The molecule has 0 amide bonds. The molecule has 0 atom stereocenters. The smallest absolute Gasteiger partial charge is 0.377 e. The first-order chi connectivity index (χ1) is 8.29. The maximum atomic E-state index is 11.1. The zero-order chi connectivity index (χ0) is 12.1. The van der Waals surface area contributed by atoms with Crippen LogP contribution in [0.4, 0.5) is 0 Å². The number of nitrogens with zero attached hydrogens (tertiary/aromatic N) is 4. The first-order valence-corrected chi connectivity index (χ1v) is 6.00. The molecule has 1 aromatic rings. The first kappa shape index (κ1) is 12.0. The molecule has 2 heterocycles. The van der Waals surface area contributed by atoms with Crippen molar-refractivity contribution in [2.45, 2.75) is 25.8 Å². The largest absolute Gasteiger partial charge is 0.463 e. The molecule has 17 heavy (non-hydrogen) atoms. The van der Waals surface area contributed by atoms with Crippen molar-refractivity contribution in [3.63, 3.8) is 0 Å². The third kappa shape index (κ3) is 3.26. The molecule has 1 saturated heterocycles. The first-order valence-electron chi connectivity index (χ1n) is 6.00. The van der Waals surface area contributed by atoms with Gasteiger partial charge in [0.2, 0.25) is 0 Å². The summed E-state index contributed by atoms with van der Waals surface area (Å²) in [6, 6.07) is 0. The van der Waals surface area contributed by atoms with E-state index in [2.05, 4.69) is 19.7 Å². The van der Waals surface area contributed by atoms with Gasteiger partial charge in [-0.3, -0.25) is 4.68 Å². The van der Waals surface area contributed by atoms with Crippen LogP contribution in [0.2, 0.25) is 0 Å². The lowest BCUT2D eigenvalue weighted by atomic mass is 10.4. The normalized spacial score (nSPS) is 16.3. The molecule has 6 heteroatoms. The minimum Gasteiger partial charge on any atom is -0.463 e. The molecular weight excluding hydrogens is 220 g/mol. The van der Waals surface area contributed by atoms with Gasteiger partial charge in [-0.1, -0.05) is 0 Å². The van der Waals surface area contributed by atoms with Gasteiger partial charge in [0, 0.05) is 6.54 Å². The van der Waals surface area contributed by atoms with Crippen LogP contribution in [0.1, 0.15) is 29.9 Å². The fraction of sp³-hybridized carbons (Fsp3) is 0.727. The Morgan fingerprint density at radius 2 is 2.18 bits per heavy atom. The number of esters is 1.